The highest BCUT2D eigenvalue weighted by Crippen LogP contribution is 2.24. The zero-order valence-electron chi connectivity index (χ0n) is 10.9. The lowest BCUT2D eigenvalue weighted by molar-refractivity contribution is 0.412. The summed E-state index contributed by atoms with van der Waals surface area (Å²) in [6, 6.07) is 0. The molecule has 1 aromatic rings. The molecule has 0 saturated carbocycles. The third-order valence-corrected chi connectivity index (χ3v) is 5.10. The van der Waals surface area contributed by atoms with E-state index in [1.54, 1.807) is 16.7 Å². The van der Waals surface area contributed by atoms with Gasteiger partial charge in [0.25, 0.3) is 0 Å². The summed E-state index contributed by atoms with van der Waals surface area (Å²) in [6.45, 7) is 1.20. The average molecular weight is 304 g/mol. The maximum absolute atomic E-state index is 11.5. The fourth-order valence-corrected chi connectivity index (χ4v) is 3.52. The molecule has 106 valence electrons. The Labute approximate surface area is 119 Å². The van der Waals surface area contributed by atoms with Crippen LogP contribution < -0.4 is 0 Å². The van der Waals surface area contributed by atoms with Crippen molar-refractivity contribution in [3.8, 4) is 0 Å². The van der Waals surface area contributed by atoms with Crippen LogP contribution in [-0.2, 0) is 16.4 Å². The molecule has 0 N–H and O–H groups in total. The first-order chi connectivity index (χ1) is 8.97. The highest BCUT2D eigenvalue weighted by atomic mass is 35.5. The van der Waals surface area contributed by atoms with Crippen molar-refractivity contribution in [2.45, 2.75) is 25.7 Å². The molecule has 2 heterocycles. The molecule has 0 aliphatic carbocycles. The fourth-order valence-electron chi connectivity index (χ4n) is 2.44. The average Bonchev–Trinajstić information content (AvgIpc) is 2.57. The summed E-state index contributed by atoms with van der Waals surface area (Å²) in [5.41, 5.74) is 0.807. The van der Waals surface area contributed by atoms with Gasteiger partial charge in [0, 0.05) is 25.5 Å². The molecule has 1 aromatic heterocycles. The van der Waals surface area contributed by atoms with Gasteiger partial charge in [-0.15, -0.1) is 0 Å². The van der Waals surface area contributed by atoms with Crippen LogP contribution in [0.1, 0.15) is 25.0 Å². The molecule has 1 saturated heterocycles. The smallest absolute Gasteiger partial charge is 0.211 e. The van der Waals surface area contributed by atoms with Crippen molar-refractivity contribution < 1.29 is 8.42 Å². The number of aromatic nitrogens is 2. The van der Waals surface area contributed by atoms with E-state index in [1.165, 1.54) is 6.26 Å². The van der Waals surface area contributed by atoms with Gasteiger partial charge in [0.2, 0.25) is 10.0 Å². The van der Waals surface area contributed by atoms with E-state index in [-0.39, 0.29) is 0 Å². The standard InChI is InChI=1S/C12H18ClN3O2S/c1-19(17,18)16-7-2-3-10(4-8-16)9-11-12(13)15-6-5-14-11/h5-6,10H,2-4,7-9H2,1H3/t10-/m1/s1. The molecule has 1 fully saturated rings. The summed E-state index contributed by atoms with van der Waals surface area (Å²) in [5.74, 6) is 0.418. The Bertz CT molecular complexity index is 536. The lowest BCUT2D eigenvalue weighted by atomic mass is 9.95. The molecule has 1 aliphatic heterocycles. The molecular formula is C12H18ClN3O2S. The van der Waals surface area contributed by atoms with E-state index >= 15 is 0 Å². The maximum Gasteiger partial charge on any atom is 0.211 e. The Kier molecular flexibility index (Phi) is 4.76. The fraction of sp³-hybridized carbons (Fsp3) is 0.667. The minimum Gasteiger partial charge on any atom is -0.256 e. The van der Waals surface area contributed by atoms with Crippen molar-refractivity contribution in [1.29, 1.82) is 0 Å². The van der Waals surface area contributed by atoms with E-state index < -0.39 is 10.0 Å². The summed E-state index contributed by atoms with van der Waals surface area (Å²) in [7, 11) is -3.07. The molecular weight excluding hydrogens is 286 g/mol. The minimum atomic E-state index is -3.07. The van der Waals surface area contributed by atoms with Gasteiger partial charge >= 0.3 is 0 Å². The quantitative estimate of drug-likeness (QED) is 0.853. The Hall–Kier alpha value is -0.720. The van der Waals surface area contributed by atoms with Gasteiger partial charge in [-0.3, -0.25) is 4.98 Å². The zero-order chi connectivity index (χ0) is 13.9. The van der Waals surface area contributed by atoms with E-state index in [0.29, 0.717) is 24.2 Å². The summed E-state index contributed by atoms with van der Waals surface area (Å²) in [5, 5.41) is 0.451. The van der Waals surface area contributed by atoms with Crippen LogP contribution >= 0.6 is 11.6 Å². The van der Waals surface area contributed by atoms with Crippen LogP contribution in [-0.4, -0.2) is 42.0 Å². The second-order valence-corrected chi connectivity index (χ2v) is 7.30. The van der Waals surface area contributed by atoms with E-state index in [4.69, 9.17) is 11.6 Å². The zero-order valence-corrected chi connectivity index (χ0v) is 12.5. The van der Waals surface area contributed by atoms with Crippen LogP contribution in [0.15, 0.2) is 12.4 Å². The molecule has 0 radical (unpaired) electrons. The van der Waals surface area contributed by atoms with E-state index in [2.05, 4.69) is 9.97 Å². The van der Waals surface area contributed by atoms with Crippen molar-refractivity contribution in [2.24, 2.45) is 5.92 Å². The van der Waals surface area contributed by atoms with Gasteiger partial charge < -0.3 is 0 Å². The molecule has 1 aliphatic rings. The molecule has 0 aromatic carbocycles. The Morgan fingerprint density at radius 1 is 1.32 bits per heavy atom. The van der Waals surface area contributed by atoms with E-state index in [9.17, 15) is 8.42 Å². The number of nitrogens with zero attached hydrogens (tertiary/aromatic N) is 3. The normalized spacial score (nSPS) is 22.1. The minimum absolute atomic E-state index is 0.418. The lowest BCUT2D eigenvalue weighted by Gasteiger charge is -2.17. The summed E-state index contributed by atoms with van der Waals surface area (Å²) in [4.78, 5) is 8.26. The van der Waals surface area contributed by atoms with Crippen molar-refractivity contribution in [3.05, 3.63) is 23.2 Å². The summed E-state index contributed by atoms with van der Waals surface area (Å²) < 4.78 is 24.6. The largest absolute Gasteiger partial charge is 0.256 e. The third kappa shape index (κ3) is 4.12. The van der Waals surface area contributed by atoms with Gasteiger partial charge in [-0.1, -0.05) is 11.6 Å². The van der Waals surface area contributed by atoms with Crippen molar-refractivity contribution in [3.63, 3.8) is 0 Å². The van der Waals surface area contributed by atoms with Crippen LogP contribution in [0.2, 0.25) is 5.15 Å². The number of rotatable bonds is 3. The van der Waals surface area contributed by atoms with Gasteiger partial charge in [-0.05, 0) is 31.6 Å². The highest BCUT2D eigenvalue weighted by molar-refractivity contribution is 7.88. The predicted octanol–water partition coefficient (Wildman–Crippen LogP) is 1.73. The van der Waals surface area contributed by atoms with Crippen LogP contribution in [0, 0.1) is 5.92 Å². The monoisotopic (exact) mass is 303 g/mol. The van der Waals surface area contributed by atoms with Crippen molar-refractivity contribution in [1.82, 2.24) is 14.3 Å². The van der Waals surface area contributed by atoms with Gasteiger partial charge in [0.05, 0.1) is 11.9 Å². The van der Waals surface area contributed by atoms with Gasteiger partial charge in [0.1, 0.15) is 5.15 Å². The molecule has 0 bridgehead atoms. The van der Waals surface area contributed by atoms with Crippen LogP contribution in [0.25, 0.3) is 0 Å². The maximum atomic E-state index is 11.5. The van der Waals surface area contributed by atoms with Gasteiger partial charge in [-0.2, -0.15) is 0 Å². The lowest BCUT2D eigenvalue weighted by Crippen LogP contribution is -2.30. The van der Waals surface area contributed by atoms with Crippen molar-refractivity contribution in [2.75, 3.05) is 19.3 Å². The molecule has 0 spiro atoms. The molecule has 0 unspecified atom stereocenters. The van der Waals surface area contributed by atoms with Crippen LogP contribution in [0.5, 0.6) is 0 Å². The second kappa shape index (κ2) is 6.15. The first kappa shape index (κ1) is 14.7. The summed E-state index contributed by atoms with van der Waals surface area (Å²) in [6.07, 6.45) is 7.98. The number of halogens is 1. The molecule has 2 rings (SSSR count). The third-order valence-electron chi connectivity index (χ3n) is 3.48. The Morgan fingerprint density at radius 3 is 2.74 bits per heavy atom. The number of hydrogen-bond donors (Lipinski definition) is 0. The van der Waals surface area contributed by atoms with Crippen LogP contribution in [0.3, 0.4) is 0 Å². The SMILES string of the molecule is CS(=O)(=O)N1CCC[C@@H](Cc2nccnc2Cl)CC1. The highest BCUT2D eigenvalue weighted by Gasteiger charge is 2.23. The molecule has 1 atom stereocenters. The summed E-state index contributed by atoms with van der Waals surface area (Å²) >= 11 is 6.01. The van der Waals surface area contributed by atoms with Gasteiger partial charge in [-0.25, -0.2) is 17.7 Å². The van der Waals surface area contributed by atoms with Gasteiger partial charge in [0.15, 0.2) is 0 Å². The Morgan fingerprint density at radius 2 is 2.05 bits per heavy atom. The molecule has 5 nitrogen and oxygen atoms in total. The first-order valence-corrected chi connectivity index (χ1v) is 8.60. The number of hydrogen-bond acceptors (Lipinski definition) is 4. The Balaban J connectivity index is 1.99. The van der Waals surface area contributed by atoms with E-state index in [0.717, 1.165) is 31.4 Å². The van der Waals surface area contributed by atoms with Crippen molar-refractivity contribution >= 4 is 21.6 Å². The van der Waals surface area contributed by atoms with Crippen LogP contribution in [0.4, 0.5) is 0 Å². The molecule has 7 heteroatoms. The molecule has 19 heavy (non-hydrogen) atoms. The first-order valence-electron chi connectivity index (χ1n) is 6.37. The second-order valence-electron chi connectivity index (χ2n) is 4.96. The molecule has 0 amide bonds. The number of sulfonamides is 1. The topological polar surface area (TPSA) is 63.2 Å². The van der Waals surface area contributed by atoms with E-state index in [1.807, 2.05) is 0 Å². The predicted molar refractivity (Wildman–Crippen MR) is 74.5 cm³/mol.